The number of nitriles is 1. The minimum atomic E-state index is -0.626. The van der Waals surface area contributed by atoms with Gasteiger partial charge in [-0.1, -0.05) is 11.2 Å². The Labute approximate surface area is 127 Å². The van der Waals surface area contributed by atoms with Crippen molar-refractivity contribution in [1.29, 1.82) is 5.26 Å². The Morgan fingerprint density at radius 3 is 2.90 bits per heavy atom. The summed E-state index contributed by atoms with van der Waals surface area (Å²) < 4.78 is 19.5. The average molecular weight is 345 g/mol. The molecule has 2 heterocycles. The van der Waals surface area contributed by atoms with Gasteiger partial charge in [0.2, 0.25) is 5.82 Å². The topological polar surface area (TPSA) is 75.6 Å². The van der Waals surface area contributed by atoms with Gasteiger partial charge >= 0.3 is 0 Å². The Kier molecular flexibility index (Phi) is 3.46. The van der Waals surface area contributed by atoms with E-state index < -0.39 is 5.82 Å². The fourth-order valence-electron chi connectivity index (χ4n) is 1.80. The summed E-state index contributed by atoms with van der Waals surface area (Å²) in [6.07, 6.45) is 3.21. The van der Waals surface area contributed by atoms with Crippen LogP contribution in [0.3, 0.4) is 0 Å². The molecule has 3 rings (SSSR count). The first-order valence-corrected chi connectivity index (χ1v) is 6.62. The van der Waals surface area contributed by atoms with Crippen molar-refractivity contribution in [3.63, 3.8) is 0 Å². The van der Waals surface area contributed by atoms with Crippen LogP contribution in [-0.4, -0.2) is 15.1 Å². The SMILES string of the molecule is N#Cc1c(F)cccc1-c1nc(-c2cncc(Br)c2)no1. The number of rotatable bonds is 2. The lowest BCUT2D eigenvalue weighted by molar-refractivity contribution is 0.432. The Morgan fingerprint density at radius 1 is 1.29 bits per heavy atom. The number of halogens is 2. The fraction of sp³-hybridized carbons (Fsp3) is 0. The molecule has 0 saturated carbocycles. The van der Waals surface area contributed by atoms with Crippen LogP contribution in [0.5, 0.6) is 0 Å². The first-order chi connectivity index (χ1) is 10.2. The molecule has 3 aromatic rings. The monoisotopic (exact) mass is 344 g/mol. The molecule has 0 aliphatic rings. The number of hydrogen-bond acceptors (Lipinski definition) is 5. The zero-order valence-electron chi connectivity index (χ0n) is 10.4. The smallest absolute Gasteiger partial charge is 0.259 e. The number of hydrogen-bond donors (Lipinski definition) is 0. The molecule has 0 amide bonds. The van der Waals surface area contributed by atoms with E-state index in [1.807, 2.05) is 0 Å². The Bertz CT molecular complexity index is 856. The number of benzene rings is 1. The fourth-order valence-corrected chi connectivity index (χ4v) is 2.17. The maximum absolute atomic E-state index is 13.6. The van der Waals surface area contributed by atoms with Crippen molar-refractivity contribution in [2.75, 3.05) is 0 Å². The standard InChI is InChI=1S/C14H6BrFN4O/c15-9-4-8(6-18-7-9)13-19-14(21-20-13)10-2-1-3-12(16)11(10)5-17/h1-4,6-7H. The molecule has 1 aromatic carbocycles. The molecule has 0 radical (unpaired) electrons. The van der Waals surface area contributed by atoms with Gasteiger partial charge in [0.25, 0.3) is 5.89 Å². The highest BCUT2D eigenvalue weighted by Gasteiger charge is 2.16. The zero-order valence-corrected chi connectivity index (χ0v) is 12.0. The lowest BCUT2D eigenvalue weighted by atomic mass is 10.1. The molecule has 0 aliphatic heterocycles. The van der Waals surface area contributed by atoms with E-state index >= 15 is 0 Å². The van der Waals surface area contributed by atoms with Crippen molar-refractivity contribution in [3.8, 4) is 28.9 Å². The van der Waals surface area contributed by atoms with E-state index in [0.717, 1.165) is 4.47 Å². The molecule has 21 heavy (non-hydrogen) atoms. The first-order valence-electron chi connectivity index (χ1n) is 5.82. The lowest BCUT2D eigenvalue weighted by Gasteiger charge is -1.98. The van der Waals surface area contributed by atoms with E-state index in [0.29, 0.717) is 11.4 Å². The molecule has 2 aromatic heterocycles. The third-order valence-electron chi connectivity index (χ3n) is 2.74. The van der Waals surface area contributed by atoms with Crippen LogP contribution < -0.4 is 0 Å². The third kappa shape index (κ3) is 2.53. The number of pyridine rings is 1. The van der Waals surface area contributed by atoms with Gasteiger partial charge in [-0.25, -0.2) is 4.39 Å². The molecule has 0 bridgehead atoms. The summed E-state index contributed by atoms with van der Waals surface area (Å²) in [4.78, 5) is 8.19. The van der Waals surface area contributed by atoms with Crippen molar-refractivity contribution in [2.24, 2.45) is 0 Å². The second kappa shape index (κ2) is 5.42. The van der Waals surface area contributed by atoms with Crippen molar-refractivity contribution < 1.29 is 8.91 Å². The predicted molar refractivity (Wildman–Crippen MR) is 75.3 cm³/mol. The van der Waals surface area contributed by atoms with Crippen LogP contribution in [0.1, 0.15) is 5.56 Å². The van der Waals surface area contributed by atoms with Crippen LogP contribution in [0.2, 0.25) is 0 Å². The summed E-state index contributed by atoms with van der Waals surface area (Å²) in [6.45, 7) is 0. The summed E-state index contributed by atoms with van der Waals surface area (Å²) in [5, 5.41) is 12.9. The minimum Gasteiger partial charge on any atom is -0.334 e. The van der Waals surface area contributed by atoms with E-state index in [2.05, 4.69) is 31.1 Å². The Balaban J connectivity index is 2.08. The van der Waals surface area contributed by atoms with Crippen molar-refractivity contribution >= 4 is 15.9 Å². The van der Waals surface area contributed by atoms with Crippen LogP contribution in [0.4, 0.5) is 4.39 Å². The van der Waals surface area contributed by atoms with E-state index in [-0.39, 0.29) is 17.0 Å². The zero-order chi connectivity index (χ0) is 14.8. The molecule has 102 valence electrons. The van der Waals surface area contributed by atoms with Gasteiger partial charge in [-0.3, -0.25) is 4.98 Å². The first kappa shape index (κ1) is 13.4. The summed E-state index contributed by atoms with van der Waals surface area (Å²) in [7, 11) is 0. The lowest BCUT2D eigenvalue weighted by Crippen LogP contribution is -1.89. The van der Waals surface area contributed by atoms with Gasteiger partial charge in [0.05, 0.1) is 5.56 Å². The van der Waals surface area contributed by atoms with Crippen molar-refractivity contribution in [2.45, 2.75) is 0 Å². The van der Waals surface area contributed by atoms with Crippen LogP contribution in [0, 0.1) is 17.1 Å². The molecule has 0 aliphatic carbocycles. The minimum absolute atomic E-state index is 0.0843. The second-order valence-electron chi connectivity index (χ2n) is 4.09. The summed E-state index contributed by atoms with van der Waals surface area (Å²) in [5.41, 5.74) is 0.786. The normalized spacial score (nSPS) is 10.3. The maximum Gasteiger partial charge on any atom is 0.259 e. The number of aromatic nitrogens is 3. The van der Waals surface area contributed by atoms with Crippen LogP contribution >= 0.6 is 15.9 Å². The van der Waals surface area contributed by atoms with Gasteiger partial charge in [0.1, 0.15) is 17.4 Å². The average Bonchev–Trinajstić information content (AvgIpc) is 2.96. The molecule has 0 N–H and O–H groups in total. The van der Waals surface area contributed by atoms with Crippen molar-refractivity contribution in [1.82, 2.24) is 15.1 Å². The molecule has 0 spiro atoms. The molecule has 7 heteroatoms. The Morgan fingerprint density at radius 2 is 2.14 bits per heavy atom. The summed E-state index contributed by atoms with van der Waals surface area (Å²) in [5.74, 6) is -0.230. The number of nitrogens with zero attached hydrogens (tertiary/aromatic N) is 4. The molecule has 0 fully saturated rings. The van der Waals surface area contributed by atoms with E-state index in [9.17, 15) is 4.39 Å². The van der Waals surface area contributed by atoms with E-state index in [1.54, 1.807) is 30.6 Å². The second-order valence-corrected chi connectivity index (χ2v) is 5.00. The molecule has 0 saturated heterocycles. The van der Waals surface area contributed by atoms with Gasteiger partial charge in [-0.15, -0.1) is 0 Å². The quantitative estimate of drug-likeness (QED) is 0.710. The highest BCUT2D eigenvalue weighted by atomic mass is 79.9. The van der Waals surface area contributed by atoms with Gasteiger partial charge in [-0.2, -0.15) is 10.2 Å². The van der Waals surface area contributed by atoms with Crippen LogP contribution in [0.25, 0.3) is 22.8 Å². The highest BCUT2D eigenvalue weighted by molar-refractivity contribution is 9.10. The molecular formula is C14H6BrFN4O. The molecular weight excluding hydrogens is 339 g/mol. The summed E-state index contributed by atoms with van der Waals surface area (Å²) in [6, 6.07) is 7.82. The predicted octanol–water partition coefficient (Wildman–Crippen LogP) is 3.57. The maximum atomic E-state index is 13.6. The molecule has 5 nitrogen and oxygen atoms in total. The van der Waals surface area contributed by atoms with Gasteiger partial charge in [0.15, 0.2) is 0 Å². The Hall–Kier alpha value is -2.59. The van der Waals surface area contributed by atoms with E-state index in [1.165, 1.54) is 12.1 Å². The van der Waals surface area contributed by atoms with Crippen molar-refractivity contribution in [3.05, 3.63) is 52.5 Å². The third-order valence-corrected chi connectivity index (χ3v) is 3.18. The van der Waals surface area contributed by atoms with Crippen LogP contribution in [0.15, 0.2) is 45.7 Å². The van der Waals surface area contributed by atoms with Crippen LogP contribution in [-0.2, 0) is 0 Å². The van der Waals surface area contributed by atoms with E-state index in [4.69, 9.17) is 9.78 Å². The van der Waals surface area contributed by atoms with Gasteiger partial charge in [0, 0.05) is 22.4 Å². The van der Waals surface area contributed by atoms with Gasteiger partial charge in [-0.05, 0) is 34.1 Å². The molecule has 0 atom stereocenters. The van der Waals surface area contributed by atoms with Gasteiger partial charge < -0.3 is 4.52 Å². The molecule has 0 unspecified atom stereocenters. The largest absolute Gasteiger partial charge is 0.334 e. The summed E-state index contributed by atoms with van der Waals surface area (Å²) >= 11 is 3.30. The highest BCUT2D eigenvalue weighted by Crippen LogP contribution is 2.26.